The summed E-state index contributed by atoms with van der Waals surface area (Å²) in [5.41, 5.74) is 3.83. The van der Waals surface area contributed by atoms with Gasteiger partial charge in [-0.15, -0.1) is 0 Å². The van der Waals surface area contributed by atoms with Crippen molar-refractivity contribution in [3.63, 3.8) is 0 Å². The molecule has 0 saturated heterocycles. The van der Waals surface area contributed by atoms with Crippen LogP contribution in [0, 0.1) is 13.8 Å². The van der Waals surface area contributed by atoms with Crippen molar-refractivity contribution < 1.29 is 14.3 Å². The standard InChI is InChI=1S/C20H27N3O3/c1-14-12-15(2)23(22-14)11-10-19(25)26-13-18(24)21-17-8-6-16(7-9-17)20(3,4)5/h6-9,12H,10-11,13H2,1-5H3,(H,21,24). The van der Waals surface area contributed by atoms with Gasteiger partial charge in [0.05, 0.1) is 18.7 Å². The molecule has 1 N–H and O–H groups in total. The van der Waals surface area contributed by atoms with Crippen molar-refractivity contribution >= 4 is 17.6 Å². The van der Waals surface area contributed by atoms with E-state index in [0.29, 0.717) is 12.2 Å². The van der Waals surface area contributed by atoms with E-state index in [1.54, 1.807) is 4.68 Å². The third-order valence-corrected chi connectivity index (χ3v) is 4.03. The highest BCUT2D eigenvalue weighted by Gasteiger charge is 2.14. The highest BCUT2D eigenvalue weighted by Crippen LogP contribution is 2.23. The van der Waals surface area contributed by atoms with Crippen molar-refractivity contribution in [1.29, 1.82) is 0 Å². The summed E-state index contributed by atoms with van der Waals surface area (Å²) in [6, 6.07) is 9.61. The topological polar surface area (TPSA) is 73.2 Å². The summed E-state index contributed by atoms with van der Waals surface area (Å²) >= 11 is 0. The van der Waals surface area contributed by atoms with Crippen LogP contribution < -0.4 is 5.32 Å². The summed E-state index contributed by atoms with van der Waals surface area (Å²) in [5.74, 6) is -0.774. The summed E-state index contributed by atoms with van der Waals surface area (Å²) in [4.78, 5) is 23.7. The second-order valence-corrected chi connectivity index (χ2v) is 7.44. The molecule has 0 atom stereocenters. The van der Waals surface area contributed by atoms with Crippen molar-refractivity contribution in [1.82, 2.24) is 9.78 Å². The molecule has 0 aliphatic rings. The molecule has 2 aromatic rings. The van der Waals surface area contributed by atoms with Crippen LogP contribution in [-0.4, -0.2) is 28.3 Å². The van der Waals surface area contributed by atoms with Crippen LogP contribution in [-0.2, 0) is 26.3 Å². The zero-order valence-electron chi connectivity index (χ0n) is 16.1. The lowest BCUT2D eigenvalue weighted by Crippen LogP contribution is -2.21. The normalized spacial score (nSPS) is 11.3. The number of carbonyl (C=O) groups is 2. The fourth-order valence-corrected chi connectivity index (χ4v) is 2.57. The summed E-state index contributed by atoms with van der Waals surface area (Å²) in [6.07, 6.45) is 0.176. The molecular weight excluding hydrogens is 330 g/mol. The minimum absolute atomic E-state index is 0.0591. The van der Waals surface area contributed by atoms with Crippen LogP contribution in [0.15, 0.2) is 30.3 Å². The molecule has 0 unspecified atom stereocenters. The largest absolute Gasteiger partial charge is 0.456 e. The maximum Gasteiger partial charge on any atom is 0.308 e. The number of esters is 1. The van der Waals surface area contributed by atoms with E-state index in [9.17, 15) is 9.59 Å². The average Bonchev–Trinajstić information content (AvgIpc) is 2.88. The number of aromatic nitrogens is 2. The Morgan fingerprint density at radius 2 is 1.81 bits per heavy atom. The van der Waals surface area contributed by atoms with E-state index in [2.05, 4.69) is 31.2 Å². The van der Waals surface area contributed by atoms with Crippen LogP contribution in [0.4, 0.5) is 5.69 Å². The number of hydrogen-bond donors (Lipinski definition) is 1. The van der Waals surface area contributed by atoms with Crippen molar-refractivity contribution in [2.24, 2.45) is 0 Å². The highest BCUT2D eigenvalue weighted by molar-refractivity contribution is 5.92. The number of ether oxygens (including phenoxy) is 1. The van der Waals surface area contributed by atoms with Gasteiger partial charge in [-0.05, 0) is 43.0 Å². The second-order valence-electron chi connectivity index (χ2n) is 7.44. The monoisotopic (exact) mass is 357 g/mol. The number of carbonyl (C=O) groups excluding carboxylic acids is 2. The molecule has 6 heteroatoms. The highest BCUT2D eigenvalue weighted by atomic mass is 16.5. The van der Waals surface area contributed by atoms with Crippen LogP contribution in [0.1, 0.15) is 44.1 Å². The van der Waals surface area contributed by atoms with Crippen LogP contribution >= 0.6 is 0 Å². The first-order valence-electron chi connectivity index (χ1n) is 8.72. The Kier molecular flexibility index (Phi) is 6.18. The maximum absolute atomic E-state index is 11.9. The Hall–Kier alpha value is -2.63. The molecule has 0 spiro atoms. The van der Waals surface area contributed by atoms with Gasteiger partial charge in [-0.25, -0.2) is 0 Å². The summed E-state index contributed by atoms with van der Waals surface area (Å²) < 4.78 is 6.79. The zero-order chi connectivity index (χ0) is 19.3. The Morgan fingerprint density at radius 3 is 2.35 bits per heavy atom. The van der Waals surface area contributed by atoms with Gasteiger partial charge in [0.15, 0.2) is 6.61 Å². The number of rotatable bonds is 6. The third kappa shape index (κ3) is 5.72. The lowest BCUT2D eigenvalue weighted by atomic mass is 9.87. The average molecular weight is 357 g/mol. The number of aryl methyl sites for hydroxylation is 3. The van der Waals surface area contributed by atoms with E-state index in [1.165, 1.54) is 5.56 Å². The smallest absolute Gasteiger partial charge is 0.308 e. The number of nitrogens with zero attached hydrogens (tertiary/aromatic N) is 2. The van der Waals surface area contributed by atoms with Gasteiger partial charge in [-0.1, -0.05) is 32.9 Å². The molecular formula is C20H27N3O3. The first-order valence-corrected chi connectivity index (χ1v) is 8.72. The Labute approximate surface area is 154 Å². The van der Waals surface area contributed by atoms with Gasteiger partial charge in [0, 0.05) is 11.4 Å². The Balaban J connectivity index is 1.75. The van der Waals surface area contributed by atoms with Gasteiger partial charge in [0.2, 0.25) is 0 Å². The minimum atomic E-state index is -0.421. The lowest BCUT2D eigenvalue weighted by molar-refractivity contribution is -0.147. The summed E-state index contributed by atoms with van der Waals surface area (Å²) in [5, 5.41) is 7.02. The van der Waals surface area contributed by atoms with Gasteiger partial charge < -0.3 is 10.1 Å². The van der Waals surface area contributed by atoms with E-state index in [4.69, 9.17) is 4.74 Å². The predicted molar refractivity (Wildman–Crippen MR) is 101 cm³/mol. The fraction of sp³-hybridized carbons (Fsp3) is 0.450. The molecule has 1 amide bonds. The fourth-order valence-electron chi connectivity index (χ4n) is 2.57. The molecule has 1 aromatic carbocycles. The molecule has 0 saturated carbocycles. The SMILES string of the molecule is Cc1cc(C)n(CCC(=O)OCC(=O)Nc2ccc(C(C)(C)C)cc2)n1. The summed E-state index contributed by atoms with van der Waals surface area (Å²) in [7, 11) is 0. The molecule has 0 aliphatic heterocycles. The first kappa shape index (κ1) is 19.7. The van der Waals surface area contributed by atoms with E-state index in [0.717, 1.165) is 11.4 Å². The molecule has 0 aliphatic carbocycles. The third-order valence-electron chi connectivity index (χ3n) is 4.03. The van der Waals surface area contributed by atoms with Crippen LogP contribution in [0.5, 0.6) is 0 Å². The summed E-state index contributed by atoms with van der Waals surface area (Å²) in [6.45, 7) is 10.4. The number of nitrogens with one attached hydrogen (secondary N) is 1. The van der Waals surface area contributed by atoms with Crippen molar-refractivity contribution in [3.8, 4) is 0 Å². The van der Waals surface area contributed by atoms with Gasteiger partial charge in [-0.2, -0.15) is 5.10 Å². The van der Waals surface area contributed by atoms with Crippen LogP contribution in [0.2, 0.25) is 0 Å². The van der Waals surface area contributed by atoms with Crippen molar-refractivity contribution in [2.75, 3.05) is 11.9 Å². The molecule has 26 heavy (non-hydrogen) atoms. The lowest BCUT2D eigenvalue weighted by Gasteiger charge is -2.19. The predicted octanol–water partition coefficient (Wildman–Crippen LogP) is 3.37. The minimum Gasteiger partial charge on any atom is -0.456 e. The number of anilines is 1. The van der Waals surface area contributed by atoms with Crippen LogP contribution in [0.3, 0.4) is 0 Å². The number of benzene rings is 1. The Bertz CT molecular complexity index is 771. The van der Waals surface area contributed by atoms with Gasteiger partial charge in [0.1, 0.15) is 0 Å². The van der Waals surface area contributed by atoms with Crippen molar-refractivity contribution in [2.45, 2.75) is 53.0 Å². The van der Waals surface area contributed by atoms with E-state index < -0.39 is 5.97 Å². The molecule has 2 rings (SSSR count). The van der Waals surface area contributed by atoms with Crippen molar-refractivity contribution in [3.05, 3.63) is 47.3 Å². The molecule has 0 bridgehead atoms. The number of amides is 1. The molecule has 0 fully saturated rings. The molecule has 1 aromatic heterocycles. The number of hydrogen-bond acceptors (Lipinski definition) is 4. The maximum atomic E-state index is 11.9. The van der Waals surface area contributed by atoms with E-state index in [-0.39, 0.29) is 24.3 Å². The molecule has 140 valence electrons. The molecule has 1 heterocycles. The first-order chi connectivity index (χ1) is 12.1. The van der Waals surface area contributed by atoms with Gasteiger partial charge in [-0.3, -0.25) is 14.3 Å². The van der Waals surface area contributed by atoms with E-state index >= 15 is 0 Å². The molecule has 0 radical (unpaired) electrons. The zero-order valence-corrected chi connectivity index (χ0v) is 16.1. The van der Waals surface area contributed by atoms with Gasteiger partial charge in [0.25, 0.3) is 5.91 Å². The molecule has 6 nitrogen and oxygen atoms in total. The second kappa shape index (κ2) is 8.17. The van der Waals surface area contributed by atoms with E-state index in [1.807, 2.05) is 44.2 Å². The van der Waals surface area contributed by atoms with Crippen LogP contribution in [0.25, 0.3) is 0 Å². The quantitative estimate of drug-likeness (QED) is 0.805. The Morgan fingerprint density at radius 1 is 1.15 bits per heavy atom. The van der Waals surface area contributed by atoms with Gasteiger partial charge >= 0.3 is 5.97 Å².